The Kier molecular flexibility index (Phi) is 6.13. The van der Waals surface area contributed by atoms with E-state index in [9.17, 15) is 4.79 Å². The van der Waals surface area contributed by atoms with Crippen molar-refractivity contribution in [3.8, 4) is 0 Å². The van der Waals surface area contributed by atoms with Gasteiger partial charge in [0.05, 0.1) is 0 Å². The van der Waals surface area contributed by atoms with Crippen LogP contribution in [-0.4, -0.2) is 47.0 Å². The number of carbonyl (C=O) groups excluding carboxylic acids is 1. The molecule has 1 amide bonds. The lowest BCUT2D eigenvalue weighted by molar-refractivity contribution is 0.0705. The van der Waals surface area contributed by atoms with Gasteiger partial charge in [-0.1, -0.05) is 30.0 Å². The third-order valence-corrected chi connectivity index (χ3v) is 5.09. The molecule has 0 spiro atoms. The van der Waals surface area contributed by atoms with E-state index in [0.717, 1.165) is 29.6 Å². The molecule has 136 valence electrons. The molecule has 1 aliphatic heterocycles. The second kappa shape index (κ2) is 8.53. The summed E-state index contributed by atoms with van der Waals surface area (Å²) in [4.78, 5) is 23.3. The molecule has 0 bridgehead atoms. The van der Waals surface area contributed by atoms with Crippen molar-refractivity contribution in [2.75, 3.05) is 26.2 Å². The van der Waals surface area contributed by atoms with Gasteiger partial charge in [0.2, 0.25) is 0 Å². The van der Waals surface area contributed by atoms with Gasteiger partial charge in [-0.25, -0.2) is 9.97 Å². The number of furan rings is 1. The third kappa shape index (κ3) is 3.85. The van der Waals surface area contributed by atoms with Gasteiger partial charge in [0.15, 0.2) is 10.9 Å². The maximum absolute atomic E-state index is 13.0. The molecule has 8 heteroatoms. The number of aromatic nitrogens is 2. The number of fused-ring (bicyclic) bond motifs is 1. The van der Waals surface area contributed by atoms with E-state index < -0.39 is 0 Å². The van der Waals surface area contributed by atoms with Crippen LogP contribution in [0.2, 0.25) is 0 Å². The van der Waals surface area contributed by atoms with Crippen molar-refractivity contribution < 1.29 is 9.21 Å². The smallest absolute Gasteiger partial charge is 0.290 e. The summed E-state index contributed by atoms with van der Waals surface area (Å²) in [6.07, 6.45) is 3.44. The molecule has 0 atom stereocenters. The first-order valence-electron chi connectivity index (χ1n) is 8.23. The molecule has 26 heavy (non-hydrogen) atoms. The van der Waals surface area contributed by atoms with E-state index in [-0.39, 0.29) is 18.3 Å². The molecule has 1 fully saturated rings. The molecule has 1 aromatic carbocycles. The molecule has 3 aromatic rings. The van der Waals surface area contributed by atoms with Gasteiger partial charge < -0.3 is 14.6 Å². The lowest BCUT2D eigenvalue weighted by atomic mass is 10.1. The van der Waals surface area contributed by atoms with E-state index in [4.69, 9.17) is 4.42 Å². The third-order valence-electron chi connectivity index (χ3n) is 4.18. The standard InChI is InChI=1S/C18H18N4O2S.ClH/c23-17(22-10-8-19-9-11-22)16-14(12-25-18-20-6-3-7-21-18)13-4-1-2-5-15(13)24-16;/h1-7,19H,8-12H2;1H. The number of rotatable bonds is 4. The lowest BCUT2D eigenvalue weighted by Crippen LogP contribution is -2.46. The normalized spacial score (nSPS) is 14.2. The molecule has 0 aliphatic carbocycles. The number of nitrogens with one attached hydrogen (secondary N) is 1. The number of para-hydroxylation sites is 1. The predicted octanol–water partition coefficient (Wildman–Crippen LogP) is 2.98. The molecule has 6 nitrogen and oxygen atoms in total. The fourth-order valence-electron chi connectivity index (χ4n) is 2.92. The van der Waals surface area contributed by atoms with Crippen LogP contribution in [0.4, 0.5) is 0 Å². The Hall–Kier alpha value is -2.09. The summed E-state index contributed by atoms with van der Waals surface area (Å²) in [7, 11) is 0. The summed E-state index contributed by atoms with van der Waals surface area (Å²) in [5.74, 6) is 0.989. The van der Waals surface area contributed by atoms with Crippen molar-refractivity contribution in [2.24, 2.45) is 0 Å². The molecular weight excluding hydrogens is 372 g/mol. The summed E-state index contributed by atoms with van der Waals surface area (Å²) in [5.41, 5.74) is 1.65. The van der Waals surface area contributed by atoms with Gasteiger partial charge in [-0.15, -0.1) is 12.4 Å². The van der Waals surface area contributed by atoms with Crippen LogP contribution in [0.1, 0.15) is 16.1 Å². The van der Waals surface area contributed by atoms with Gasteiger partial charge in [-0.2, -0.15) is 0 Å². The molecule has 2 aromatic heterocycles. The summed E-state index contributed by atoms with van der Waals surface area (Å²) in [6, 6.07) is 9.56. The number of halogens is 1. The average molecular weight is 391 g/mol. The van der Waals surface area contributed by atoms with Gasteiger partial charge in [0.1, 0.15) is 5.58 Å². The van der Waals surface area contributed by atoms with E-state index >= 15 is 0 Å². The van der Waals surface area contributed by atoms with Crippen LogP contribution in [-0.2, 0) is 5.75 Å². The SMILES string of the molecule is Cl.O=C(c1oc2ccccc2c1CSc1ncccn1)N1CCNCC1. The quantitative estimate of drug-likeness (QED) is 0.545. The van der Waals surface area contributed by atoms with Crippen LogP contribution in [0.15, 0.2) is 52.3 Å². The highest BCUT2D eigenvalue weighted by molar-refractivity contribution is 7.98. The summed E-state index contributed by atoms with van der Waals surface area (Å²) in [5, 5.41) is 4.93. The predicted molar refractivity (Wildman–Crippen MR) is 104 cm³/mol. The molecule has 0 saturated carbocycles. The Bertz CT molecular complexity index is 881. The average Bonchev–Trinajstić information content (AvgIpc) is 3.06. The first-order chi connectivity index (χ1) is 12.3. The van der Waals surface area contributed by atoms with Crippen LogP contribution < -0.4 is 5.32 Å². The van der Waals surface area contributed by atoms with Crippen molar-refractivity contribution in [2.45, 2.75) is 10.9 Å². The first-order valence-corrected chi connectivity index (χ1v) is 9.22. The van der Waals surface area contributed by atoms with Crippen LogP contribution >= 0.6 is 24.2 Å². The second-order valence-electron chi connectivity index (χ2n) is 5.77. The molecule has 0 unspecified atom stereocenters. The minimum atomic E-state index is -0.0396. The highest BCUT2D eigenvalue weighted by Crippen LogP contribution is 2.31. The van der Waals surface area contributed by atoms with Crippen molar-refractivity contribution in [1.29, 1.82) is 0 Å². The number of hydrogen-bond donors (Lipinski definition) is 1. The lowest BCUT2D eigenvalue weighted by Gasteiger charge is -2.26. The Morgan fingerprint density at radius 2 is 1.88 bits per heavy atom. The Labute approximate surface area is 161 Å². The first kappa shape index (κ1) is 18.7. The maximum Gasteiger partial charge on any atom is 0.290 e. The summed E-state index contributed by atoms with van der Waals surface area (Å²) >= 11 is 1.51. The molecular formula is C18H19ClN4O2S. The zero-order valence-corrected chi connectivity index (χ0v) is 15.7. The maximum atomic E-state index is 13.0. The minimum absolute atomic E-state index is 0. The Morgan fingerprint density at radius 1 is 1.15 bits per heavy atom. The number of nitrogens with zero attached hydrogens (tertiary/aromatic N) is 3. The number of thioether (sulfide) groups is 1. The number of hydrogen-bond acceptors (Lipinski definition) is 6. The molecule has 1 saturated heterocycles. The van der Waals surface area contributed by atoms with E-state index in [0.29, 0.717) is 29.8 Å². The number of amides is 1. The second-order valence-corrected chi connectivity index (χ2v) is 6.71. The van der Waals surface area contributed by atoms with Gasteiger partial charge in [0, 0.05) is 55.3 Å². The van der Waals surface area contributed by atoms with Crippen molar-refractivity contribution in [3.63, 3.8) is 0 Å². The minimum Gasteiger partial charge on any atom is -0.451 e. The molecule has 0 radical (unpaired) electrons. The number of carbonyl (C=O) groups is 1. The van der Waals surface area contributed by atoms with Crippen LogP contribution in [0.3, 0.4) is 0 Å². The summed E-state index contributed by atoms with van der Waals surface area (Å²) in [6.45, 7) is 3.02. The van der Waals surface area contributed by atoms with Crippen LogP contribution in [0.5, 0.6) is 0 Å². The fraction of sp³-hybridized carbons (Fsp3) is 0.278. The largest absolute Gasteiger partial charge is 0.451 e. The molecule has 1 aliphatic rings. The molecule has 1 N–H and O–H groups in total. The van der Waals surface area contributed by atoms with E-state index in [1.807, 2.05) is 29.2 Å². The van der Waals surface area contributed by atoms with Gasteiger partial charge >= 0.3 is 0 Å². The number of piperazine rings is 1. The van der Waals surface area contributed by atoms with Crippen molar-refractivity contribution in [3.05, 3.63) is 54.0 Å². The zero-order valence-electron chi connectivity index (χ0n) is 14.1. The zero-order chi connectivity index (χ0) is 17.1. The fourth-order valence-corrected chi connectivity index (χ4v) is 3.75. The van der Waals surface area contributed by atoms with Crippen molar-refractivity contribution in [1.82, 2.24) is 20.2 Å². The highest BCUT2D eigenvalue weighted by atomic mass is 35.5. The monoisotopic (exact) mass is 390 g/mol. The Morgan fingerprint density at radius 3 is 2.65 bits per heavy atom. The van der Waals surface area contributed by atoms with E-state index in [1.165, 1.54) is 11.8 Å². The van der Waals surface area contributed by atoms with E-state index in [1.54, 1.807) is 18.5 Å². The van der Waals surface area contributed by atoms with Gasteiger partial charge in [-0.3, -0.25) is 4.79 Å². The van der Waals surface area contributed by atoms with E-state index in [2.05, 4.69) is 15.3 Å². The van der Waals surface area contributed by atoms with Crippen molar-refractivity contribution >= 4 is 41.0 Å². The van der Waals surface area contributed by atoms with Crippen LogP contribution in [0.25, 0.3) is 11.0 Å². The van der Waals surface area contributed by atoms with Gasteiger partial charge in [-0.05, 0) is 12.1 Å². The van der Waals surface area contributed by atoms with Crippen LogP contribution in [0, 0.1) is 0 Å². The molecule has 3 heterocycles. The van der Waals surface area contributed by atoms with Gasteiger partial charge in [0.25, 0.3) is 5.91 Å². The summed E-state index contributed by atoms with van der Waals surface area (Å²) < 4.78 is 5.94. The highest BCUT2D eigenvalue weighted by Gasteiger charge is 2.26. The number of benzene rings is 1. The molecule has 4 rings (SSSR count). The topological polar surface area (TPSA) is 71.3 Å². The Balaban J connectivity index is 0.00000196.